The predicted octanol–water partition coefficient (Wildman–Crippen LogP) is 4.92. The van der Waals surface area contributed by atoms with E-state index in [-0.39, 0.29) is 28.6 Å². The maximum absolute atomic E-state index is 13.3. The monoisotopic (exact) mass is 502 g/mol. The molecular formula is C26H27FFeN4O2+2. The number of hydrogen-bond acceptors (Lipinski definition) is 4. The molecule has 0 saturated carbocycles. The number of carbonyl (C=O) groups is 2. The fourth-order valence-corrected chi connectivity index (χ4v) is 3.99. The topological polar surface area (TPSA) is 68.1 Å². The second-order valence-electron chi connectivity index (χ2n) is 8.16. The second-order valence-corrected chi connectivity index (χ2v) is 8.16. The van der Waals surface area contributed by atoms with Gasteiger partial charge in [-0.3, -0.25) is 14.3 Å². The number of carbonyl (C=O) groups excluding carboxylic acids is 2. The van der Waals surface area contributed by atoms with E-state index >= 15 is 0 Å². The van der Waals surface area contributed by atoms with Gasteiger partial charge in [0.15, 0.2) is 0 Å². The van der Waals surface area contributed by atoms with E-state index in [9.17, 15) is 14.0 Å². The summed E-state index contributed by atoms with van der Waals surface area (Å²) in [6.45, 7) is 1.27. The van der Waals surface area contributed by atoms with Gasteiger partial charge in [0.1, 0.15) is 5.82 Å². The Bertz CT molecular complexity index is 1110. The van der Waals surface area contributed by atoms with Gasteiger partial charge in [0.05, 0.1) is 16.9 Å². The van der Waals surface area contributed by atoms with Gasteiger partial charge in [-0.1, -0.05) is 66.7 Å². The summed E-state index contributed by atoms with van der Waals surface area (Å²) in [6, 6.07) is 3.92. The first-order chi connectivity index (χ1) is 16.1. The first-order valence-corrected chi connectivity index (χ1v) is 11.4. The van der Waals surface area contributed by atoms with Crippen LogP contribution in [0.2, 0.25) is 0 Å². The van der Waals surface area contributed by atoms with Crippen LogP contribution in [0.4, 0.5) is 10.1 Å². The van der Waals surface area contributed by atoms with Crippen molar-refractivity contribution in [1.82, 2.24) is 15.0 Å². The number of rotatable bonds is 8. The van der Waals surface area contributed by atoms with E-state index in [0.29, 0.717) is 12.2 Å². The van der Waals surface area contributed by atoms with Crippen molar-refractivity contribution in [2.75, 3.05) is 11.4 Å². The molecule has 2 heterocycles. The molecule has 6 nitrogen and oxygen atoms in total. The number of allylic oxidation sites excluding steroid dienone is 8. The number of aromatic nitrogens is 3. The molecule has 1 aromatic carbocycles. The number of nitrogens with zero attached hydrogens (tertiary/aromatic N) is 4. The zero-order chi connectivity index (χ0) is 23.0. The minimum atomic E-state index is -0.622. The minimum Gasteiger partial charge on any atom is -0.305 e. The Labute approximate surface area is 209 Å². The summed E-state index contributed by atoms with van der Waals surface area (Å²) >= 11 is 0. The third-order valence-corrected chi connectivity index (χ3v) is 5.75. The van der Waals surface area contributed by atoms with Crippen molar-refractivity contribution in [2.24, 2.45) is 0 Å². The van der Waals surface area contributed by atoms with Crippen LogP contribution in [0.5, 0.6) is 0 Å². The van der Waals surface area contributed by atoms with Crippen LogP contribution in [0.25, 0.3) is 0 Å². The number of hydrogen-bond donors (Lipinski definition) is 0. The van der Waals surface area contributed by atoms with Crippen molar-refractivity contribution in [1.29, 1.82) is 0 Å². The largest absolute Gasteiger partial charge is 2.00 e. The number of anilines is 1. The van der Waals surface area contributed by atoms with Crippen molar-refractivity contribution in [2.45, 2.75) is 44.6 Å². The van der Waals surface area contributed by atoms with Gasteiger partial charge in [-0.05, 0) is 37.5 Å². The molecule has 2 aliphatic carbocycles. The summed E-state index contributed by atoms with van der Waals surface area (Å²) in [5, 5.41) is 8.39. The van der Waals surface area contributed by atoms with E-state index in [1.807, 2.05) is 23.0 Å². The smallest absolute Gasteiger partial charge is 0.305 e. The van der Waals surface area contributed by atoms with Crippen LogP contribution in [0.15, 0.2) is 73.0 Å². The maximum Gasteiger partial charge on any atom is 2.00 e. The number of unbranched alkanes of at least 4 members (excludes halogenated alkanes) is 3. The summed E-state index contributed by atoms with van der Waals surface area (Å²) in [6.07, 6.45) is 23.4. The number of fused-ring (bicyclic) bond motifs is 1. The van der Waals surface area contributed by atoms with Gasteiger partial charge in [0.25, 0.3) is 11.7 Å². The van der Waals surface area contributed by atoms with E-state index in [1.54, 1.807) is 0 Å². The van der Waals surface area contributed by atoms with Crippen LogP contribution < -0.4 is 4.90 Å². The Balaban J connectivity index is 0.000000481. The van der Waals surface area contributed by atoms with Crippen LogP contribution in [0.3, 0.4) is 0 Å². The van der Waals surface area contributed by atoms with Crippen LogP contribution in [-0.2, 0) is 28.4 Å². The van der Waals surface area contributed by atoms with Gasteiger partial charge in [-0.25, -0.2) is 4.39 Å². The molecule has 34 heavy (non-hydrogen) atoms. The standard InChI is InChI=1S/C21H21FN4O2.C5H6.Fe/c22-16-9-10-19-17(13-16)20(27)21(28)26(19)12-6-2-1-5-11-25-14-18(23-24-25)15-7-3-4-8-15;1-2-4-5-3-1;/h3-4,7-10,13-15H,1-2,5-6,11-12H2;1-4H,5H2;/q;;+2. The van der Waals surface area contributed by atoms with Gasteiger partial charge in [-0.2, -0.15) is 0 Å². The summed E-state index contributed by atoms with van der Waals surface area (Å²) in [5.74, 6) is -1.46. The van der Waals surface area contributed by atoms with E-state index in [4.69, 9.17) is 0 Å². The summed E-state index contributed by atoms with van der Waals surface area (Å²) in [4.78, 5) is 25.5. The molecular weight excluding hydrogens is 475 g/mol. The molecule has 0 spiro atoms. The van der Waals surface area contributed by atoms with Crippen LogP contribution in [0, 0.1) is 5.82 Å². The van der Waals surface area contributed by atoms with Gasteiger partial charge >= 0.3 is 17.1 Å². The van der Waals surface area contributed by atoms with Crippen molar-refractivity contribution in [3.63, 3.8) is 0 Å². The zero-order valence-electron chi connectivity index (χ0n) is 18.8. The van der Waals surface area contributed by atoms with Crippen LogP contribution in [0.1, 0.15) is 54.1 Å². The van der Waals surface area contributed by atoms with Crippen molar-refractivity contribution < 1.29 is 31.0 Å². The predicted molar refractivity (Wildman–Crippen MR) is 125 cm³/mol. The number of Topliss-reactive ketones (excluding diaryl/α,β-unsaturated/α-hetero) is 1. The molecule has 0 atom stereocenters. The molecule has 0 N–H and O–H groups in total. The Kier molecular flexibility index (Phi) is 9.31. The van der Waals surface area contributed by atoms with Crippen LogP contribution in [-0.4, -0.2) is 33.2 Å². The molecule has 0 saturated heterocycles. The molecule has 0 fully saturated rings. The minimum absolute atomic E-state index is 0. The fourth-order valence-electron chi connectivity index (χ4n) is 3.99. The average molecular weight is 502 g/mol. The van der Waals surface area contributed by atoms with E-state index in [1.165, 1.54) is 17.0 Å². The SMILES string of the molecule is C1=CCC=C1.O=C1C(=O)N(CCCCCCn2cc(C3C=CC=C3)nn2)c2ccc(F)cc21.[Fe+2]. The number of halogens is 1. The van der Waals surface area contributed by atoms with Gasteiger partial charge in [-0.15, -0.1) is 5.10 Å². The summed E-state index contributed by atoms with van der Waals surface area (Å²) in [7, 11) is 0. The number of aryl methyl sites for hydroxylation is 1. The van der Waals surface area contributed by atoms with E-state index in [2.05, 4.69) is 46.8 Å². The Morgan fingerprint density at radius 3 is 2.32 bits per heavy atom. The van der Waals surface area contributed by atoms with Crippen molar-refractivity contribution in [3.05, 3.63) is 90.1 Å². The third kappa shape index (κ3) is 6.27. The molecule has 0 bridgehead atoms. The van der Waals surface area contributed by atoms with Gasteiger partial charge in [0.2, 0.25) is 0 Å². The molecule has 5 rings (SSSR count). The van der Waals surface area contributed by atoms with Crippen molar-refractivity contribution >= 4 is 17.4 Å². The molecule has 0 unspecified atom stereocenters. The molecule has 2 aromatic rings. The number of amides is 1. The molecule has 1 aromatic heterocycles. The van der Waals surface area contributed by atoms with E-state index < -0.39 is 17.5 Å². The molecule has 1 amide bonds. The van der Waals surface area contributed by atoms with Crippen LogP contribution >= 0.6 is 0 Å². The summed E-state index contributed by atoms with van der Waals surface area (Å²) in [5.41, 5.74) is 1.64. The van der Waals surface area contributed by atoms with Gasteiger partial charge < -0.3 is 4.90 Å². The number of ketones is 1. The second kappa shape index (κ2) is 12.4. The molecule has 0 radical (unpaired) electrons. The maximum atomic E-state index is 13.3. The quantitative estimate of drug-likeness (QED) is 0.292. The zero-order valence-corrected chi connectivity index (χ0v) is 19.9. The molecule has 176 valence electrons. The first-order valence-electron chi connectivity index (χ1n) is 11.4. The molecule has 8 heteroatoms. The molecule has 1 aliphatic heterocycles. The van der Waals surface area contributed by atoms with E-state index in [0.717, 1.165) is 50.4 Å². The summed E-state index contributed by atoms with van der Waals surface area (Å²) < 4.78 is 15.2. The molecule has 3 aliphatic rings. The normalized spacial score (nSPS) is 15.6. The Morgan fingerprint density at radius 2 is 1.65 bits per heavy atom. The van der Waals surface area contributed by atoms with Gasteiger partial charge in [0, 0.05) is 25.2 Å². The van der Waals surface area contributed by atoms with Crippen molar-refractivity contribution in [3.8, 4) is 0 Å². The Morgan fingerprint density at radius 1 is 0.941 bits per heavy atom. The number of benzene rings is 1. The first kappa shape index (κ1) is 25.5. The third-order valence-electron chi connectivity index (χ3n) is 5.75. The fraction of sp³-hybridized carbons (Fsp3) is 0.308. The Hall–Kier alpha value is -3.09. The average Bonchev–Trinajstić information content (AvgIpc) is 3.62.